The van der Waals surface area contributed by atoms with Gasteiger partial charge in [0.2, 0.25) is 0 Å². The Morgan fingerprint density at radius 1 is 1.42 bits per heavy atom. The van der Waals surface area contributed by atoms with Crippen molar-refractivity contribution in [2.45, 2.75) is 13.3 Å². The smallest absolute Gasteiger partial charge is 0.257 e. The van der Waals surface area contributed by atoms with E-state index in [1.54, 1.807) is 4.90 Å². The first kappa shape index (κ1) is 15.9. The lowest BCUT2D eigenvalue weighted by atomic mass is 10.2. The van der Waals surface area contributed by atoms with Crippen LogP contribution in [0, 0.1) is 5.82 Å². The number of amides is 1. The molecule has 6 heteroatoms. The molecule has 0 unspecified atom stereocenters. The molecule has 0 aliphatic rings. The van der Waals surface area contributed by atoms with E-state index in [0.29, 0.717) is 13.1 Å². The highest BCUT2D eigenvalue weighted by Crippen LogP contribution is 2.16. The van der Waals surface area contributed by atoms with Crippen LogP contribution < -0.4 is 0 Å². The maximum absolute atomic E-state index is 13.1. The summed E-state index contributed by atoms with van der Waals surface area (Å²) in [6.07, 6.45) is 1.86. The van der Waals surface area contributed by atoms with Crippen LogP contribution in [0.15, 0.2) is 12.3 Å². The average molecular weight is 288 g/mol. The van der Waals surface area contributed by atoms with Crippen molar-refractivity contribution in [1.29, 1.82) is 0 Å². The molecule has 1 amide bonds. The Morgan fingerprint density at radius 2 is 2.11 bits per heavy atom. The quantitative estimate of drug-likeness (QED) is 0.753. The number of nitrogens with zero attached hydrogens (tertiary/aromatic N) is 3. The fraction of sp³-hybridized carbons (Fsp3) is 0.538. The van der Waals surface area contributed by atoms with Gasteiger partial charge in [-0.3, -0.25) is 4.79 Å². The van der Waals surface area contributed by atoms with E-state index in [4.69, 9.17) is 11.6 Å². The van der Waals surface area contributed by atoms with Gasteiger partial charge in [0.1, 0.15) is 11.0 Å². The van der Waals surface area contributed by atoms with Crippen LogP contribution in [-0.2, 0) is 0 Å². The molecule has 0 aliphatic heterocycles. The molecule has 0 N–H and O–H groups in total. The largest absolute Gasteiger partial charge is 0.339 e. The summed E-state index contributed by atoms with van der Waals surface area (Å²) in [4.78, 5) is 19.6. The molecule has 19 heavy (non-hydrogen) atoms. The predicted molar refractivity (Wildman–Crippen MR) is 74.0 cm³/mol. The van der Waals surface area contributed by atoms with E-state index in [1.165, 1.54) is 0 Å². The molecule has 0 saturated carbocycles. The number of carbonyl (C=O) groups is 1. The maximum Gasteiger partial charge on any atom is 0.257 e. The summed E-state index contributed by atoms with van der Waals surface area (Å²) < 4.78 is 13.1. The zero-order chi connectivity index (χ0) is 14.4. The molecule has 0 radical (unpaired) electrons. The number of pyridine rings is 1. The van der Waals surface area contributed by atoms with Crippen LogP contribution in [0.1, 0.15) is 23.7 Å². The van der Waals surface area contributed by atoms with E-state index < -0.39 is 5.82 Å². The van der Waals surface area contributed by atoms with Gasteiger partial charge in [-0.05, 0) is 40.1 Å². The first-order chi connectivity index (χ1) is 8.95. The standard InChI is InChI=1S/C13H19ClFN3O/c1-4-18(7-5-6-17(2)3)13(19)11-8-10(15)9-16-12(11)14/h8-9H,4-7H2,1-3H3. The average Bonchev–Trinajstić information content (AvgIpc) is 2.36. The van der Waals surface area contributed by atoms with Gasteiger partial charge < -0.3 is 9.80 Å². The van der Waals surface area contributed by atoms with Crippen molar-refractivity contribution in [2.24, 2.45) is 0 Å². The SMILES string of the molecule is CCN(CCCN(C)C)C(=O)c1cc(F)cnc1Cl. The molecule has 0 saturated heterocycles. The summed E-state index contributed by atoms with van der Waals surface area (Å²) in [6.45, 7) is 3.94. The van der Waals surface area contributed by atoms with Crippen molar-refractivity contribution in [2.75, 3.05) is 33.7 Å². The van der Waals surface area contributed by atoms with Gasteiger partial charge in [-0.25, -0.2) is 9.37 Å². The van der Waals surface area contributed by atoms with Gasteiger partial charge in [-0.1, -0.05) is 11.6 Å². The fourth-order valence-electron chi connectivity index (χ4n) is 1.72. The molecule has 0 fully saturated rings. The maximum atomic E-state index is 13.1. The lowest BCUT2D eigenvalue weighted by Gasteiger charge is -2.22. The second-order valence-corrected chi connectivity index (χ2v) is 4.89. The Morgan fingerprint density at radius 3 is 2.68 bits per heavy atom. The molecular formula is C13H19ClFN3O. The van der Waals surface area contributed by atoms with Gasteiger partial charge in [0.15, 0.2) is 0 Å². The molecule has 0 bridgehead atoms. The van der Waals surface area contributed by atoms with Crippen LogP contribution in [0.25, 0.3) is 0 Å². The van der Waals surface area contributed by atoms with Gasteiger partial charge in [-0.15, -0.1) is 0 Å². The Kier molecular flexibility index (Phi) is 6.18. The summed E-state index contributed by atoms with van der Waals surface area (Å²) in [5, 5.41) is 0.0393. The van der Waals surface area contributed by atoms with E-state index >= 15 is 0 Å². The van der Waals surface area contributed by atoms with Crippen molar-refractivity contribution >= 4 is 17.5 Å². The van der Waals surface area contributed by atoms with Crippen LogP contribution >= 0.6 is 11.6 Å². The Bertz CT molecular complexity index is 440. The lowest BCUT2D eigenvalue weighted by molar-refractivity contribution is 0.0758. The Hall–Kier alpha value is -1.20. The van der Waals surface area contributed by atoms with Crippen LogP contribution in [0.5, 0.6) is 0 Å². The van der Waals surface area contributed by atoms with E-state index in [2.05, 4.69) is 9.88 Å². The summed E-state index contributed by atoms with van der Waals surface area (Å²) in [5.74, 6) is -0.838. The van der Waals surface area contributed by atoms with Crippen molar-refractivity contribution in [1.82, 2.24) is 14.8 Å². The van der Waals surface area contributed by atoms with Gasteiger partial charge in [0.05, 0.1) is 11.8 Å². The number of halogens is 2. The first-order valence-electron chi connectivity index (χ1n) is 6.20. The molecule has 4 nitrogen and oxygen atoms in total. The van der Waals surface area contributed by atoms with Crippen molar-refractivity contribution in [3.05, 3.63) is 28.8 Å². The third kappa shape index (κ3) is 4.76. The summed E-state index contributed by atoms with van der Waals surface area (Å²) >= 11 is 5.84. The molecule has 0 aliphatic carbocycles. The third-order valence-electron chi connectivity index (χ3n) is 2.74. The molecule has 1 aromatic heterocycles. The monoisotopic (exact) mass is 287 g/mol. The summed E-state index contributed by atoms with van der Waals surface area (Å²) in [5.41, 5.74) is 0.119. The predicted octanol–water partition coefficient (Wildman–Crippen LogP) is 2.29. The first-order valence-corrected chi connectivity index (χ1v) is 6.58. The fourth-order valence-corrected chi connectivity index (χ4v) is 1.91. The van der Waals surface area contributed by atoms with Crippen LogP contribution in [-0.4, -0.2) is 54.4 Å². The van der Waals surface area contributed by atoms with Gasteiger partial charge in [-0.2, -0.15) is 0 Å². The van der Waals surface area contributed by atoms with Gasteiger partial charge >= 0.3 is 0 Å². The van der Waals surface area contributed by atoms with E-state index in [0.717, 1.165) is 25.2 Å². The molecule has 1 aromatic rings. The topological polar surface area (TPSA) is 36.4 Å². The minimum atomic E-state index is -0.558. The number of hydrogen-bond donors (Lipinski definition) is 0. The third-order valence-corrected chi connectivity index (χ3v) is 3.04. The number of hydrogen-bond acceptors (Lipinski definition) is 3. The van der Waals surface area contributed by atoms with E-state index in [9.17, 15) is 9.18 Å². The van der Waals surface area contributed by atoms with Crippen molar-refractivity contribution < 1.29 is 9.18 Å². The second kappa shape index (κ2) is 7.40. The molecule has 0 atom stereocenters. The van der Waals surface area contributed by atoms with E-state index in [-0.39, 0.29) is 16.6 Å². The molecule has 106 valence electrons. The van der Waals surface area contributed by atoms with Gasteiger partial charge in [0, 0.05) is 13.1 Å². The minimum absolute atomic E-state index is 0.0393. The molecule has 0 spiro atoms. The Labute approximate surface area is 118 Å². The Balaban J connectivity index is 2.75. The van der Waals surface area contributed by atoms with Crippen LogP contribution in [0.3, 0.4) is 0 Å². The molecule has 0 aromatic carbocycles. The normalized spacial score (nSPS) is 10.8. The molecule has 1 rings (SSSR count). The highest BCUT2D eigenvalue weighted by atomic mass is 35.5. The highest BCUT2D eigenvalue weighted by molar-refractivity contribution is 6.32. The highest BCUT2D eigenvalue weighted by Gasteiger charge is 2.18. The van der Waals surface area contributed by atoms with E-state index in [1.807, 2.05) is 21.0 Å². The number of aromatic nitrogens is 1. The number of carbonyl (C=O) groups excluding carboxylic acids is 1. The van der Waals surface area contributed by atoms with Crippen LogP contribution in [0.4, 0.5) is 4.39 Å². The van der Waals surface area contributed by atoms with Crippen molar-refractivity contribution in [3.63, 3.8) is 0 Å². The lowest BCUT2D eigenvalue weighted by Crippen LogP contribution is -2.33. The minimum Gasteiger partial charge on any atom is -0.339 e. The van der Waals surface area contributed by atoms with Crippen LogP contribution in [0.2, 0.25) is 5.15 Å². The van der Waals surface area contributed by atoms with Gasteiger partial charge in [0.25, 0.3) is 5.91 Å². The second-order valence-electron chi connectivity index (χ2n) is 4.53. The van der Waals surface area contributed by atoms with Crippen molar-refractivity contribution in [3.8, 4) is 0 Å². The summed E-state index contributed by atoms with van der Waals surface area (Å²) in [7, 11) is 3.96. The molecule has 1 heterocycles. The zero-order valence-corrected chi connectivity index (χ0v) is 12.2. The summed E-state index contributed by atoms with van der Waals surface area (Å²) in [6, 6.07) is 1.13. The number of rotatable bonds is 6. The molecular weight excluding hydrogens is 269 g/mol. The zero-order valence-electron chi connectivity index (χ0n) is 11.5.